The molecule has 174 valence electrons. The summed E-state index contributed by atoms with van der Waals surface area (Å²) < 4.78 is 33.9. The average molecular weight is 485 g/mol. The predicted octanol–water partition coefficient (Wildman–Crippen LogP) is 3.68. The standard InChI is InChI=1S/C23H20BClF2N4O3/c1-12-10-28-16(18(32)5-6-30(3)4)9-17(12)31-13(2)7-19(20(25)23(31)33)34-22(24)21-15(27)8-14(26)11-29-21/h5-11,22H,1-4H3/b6-5+. The molecule has 3 rings (SSSR count). The van der Waals surface area contributed by atoms with Crippen molar-refractivity contribution in [3.63, 3.8) is 0 Å². The molecule has 11 heteroatoms. The van der Waals surface area contributed by atoms with Crippen molar-refractivity contribution in [3.8, 4) is 11.4 Å². The summed E-state index contributed by atoms with van der Waals surface area (Å²) in [7, 11) is 9.41. The fraction of sp³-hybridized carbons (Fsp3) is 0.217. The Kier molecular flexibility index (Phi) is 7.51. The molecule has 0 saturated carbocycles. The Bertz CT molecular complexity index is 1340. The average Bonchev–Trinajstić information content (AvgIpc) is 2.76. The molecule has 7 nitrogen and oxygen atoms in total. The quantitative estimate of drug-likeness (QED) is 0.289. The maximum Gasteiger partial charge on any atom is 0.277 e. The number of allylic oxidation sites excluding steroid dienone is 1. The van der Waals surface area contributed by atoms with Crippen LogP contribution >= 0.6 is 11.6 Å². The van der Waals surface area contributed by atoms with Gasteiger partial charge in [-0.3, -0.25) is 24.1 Å². The zero-order valence-electron chi connectivity index (χ0n) is 18.8. The lowest BCUT2D eigenvalue weighted by Crippen LogP contribution is -2.24. The molecule has 0 N–H and O–H groups in total. The number of aryl methyl sites for hydroxylation is 2. The van der Waals surface area contributed by atoms with Crippen molar-refractivity contribution in [2.45, 2.75) is 19.9 Å². The molecule has 0 aliphatic rings. The van der Waals surface area contributed by atoms with Gasteiger partial charge in [0.1, 0.15) is 35.8 Å². The summed E-state index contributed by atoms with van der Waals surface area (Å²) in [5, 5.41) is -0.319. The van der Waals surface area contributed by atoms with Crippen molar-refractivity contribution in [2.75, 3.05) is 14.1 Å². The van der Waals surface area contributed by atoms with E-state index in [0.717, 1.165) is 6.20 Å². The molecule has 0 aromatic carbocycles. The van der Waals surface area contributed by atoms with Crippen molar-refractivity contribution < 1.29 is 18.3 Å². The molecule has 0 bridgehead atoms. The third-order valence-electron chi connectivity index (χ3n) is 4.75. The third kappa shape index (κ3) is 5.33. The molecule has 0 saturated heterocycles. The topological polar surface area (TPSA) is 77.3 Å². The number of nitrogens with zero attached hydrogens (tertiary/aromatic N) is 4. The normalized spacial score (nSPS) is 12.1. The number of ketones is 1. The van der Waals surface area contributed by atoms with E-state index in [1.54, 1.807) is 39.0 Å². The van der Waals surface area contributed by atoms with Gasteiger partial charge >= 0.3 is 0 Å². The number of hydrogen-bond acceptors (Lipinski definition) is 6. The Labute approximate surface area is 201 Å². The highest BCUT2D eigenvalue weighted by Crippen LogP contribution is 2.28. The van der Waals surface area contributed by atoms with Crippen molar-refractivity contribution >= 4 is 25.2 Å². The van der Waals surface area contributed by atoms with Gasteiger partial charge in [-0.05, 0) is 25.5 Å². The van der Waals surface area contributed by atoms with Crippen LogP contribution in [0.15, 0.2) is 47.7 Å². The second-order valence-electron chi connectivity index (χ2n) is 7.66. The molecule has 2 radical (unpaired) electrons. The molecule has 1 unspecified atom stereocenters. The van der Waals surface area contributed by atoms with Crippen LogP contribution in [0.25, 0.3) is 5.69 Å². The van der Waals surface area contributed by atoms with E-state index in [4.69, 9.17) is 24.2 Å². The monoisotopic (exact) mass is 484 g/mol. The molecular formula is C23H20BClF2N4O3. The molecule has 1 atom stereocenters. The Morgan fingerprint density at radius 3 is 2.56 bits per heavy atom. The van der Waals surface area contributed by atoms with E-state index in [9.17, 15) is 18.4 Å². The van der Waals surface area contributed by atoms with Crippen molar-refractivity contribution in [1.82, 2.24) is 19.4 Å². The van der Waals surface area contributed by atoms with Crippen LogP contribution in [0.5, 0.6) is 5.75 Å². The van der Waals surface area contributed by atoms with Gasteiger partial charge in [-0.2, -0.15) is 0 Å². The minimum atomic E-state index is -1.44. The van der Waals surface area contributed by atoms with Gasteiger partial charge < -0.3 is 9.64 Å². The molecular weight excluding hydrogens is 465 g/mol. The summed E-state index contributed by atoms with van der Waals surface area (Å²) >= 11 is 6.27. The Morgan fingerprint density at radius 1 is 1.21 bits per heavy atom. The summed E-state index contributed by atoms with van der Waals surface area (Å²) in [5.74, 6) is -2.31. The highest BCUT2D eigenvalue weighted by atomic mass is 35.5. The van der Waals surface area contributed by atoms with E-state index in [-0.39, 0.29) is 27.9 Å². The highest BCUT2D eigenvalue weighted by molar-refractivity contribution is 6.32. The van der Waals surface area contributed by atoms with E-state index in [1.165, 1.54) is 29.0 Å². The first kappa shape index (κ1) is 25.1. The zero-order chi connectivity index (χ0) is 25.2. The number of hydrogen-bond donors (Lipinski definition) is 0. The fourth-order valence-corrected chi connectivity index (χ4v) is 3.27. The summed E-state index contributed by atoms with van der Waals surface area (Å²) in [6.07, 6.45) is 5.23. The van der Waals surface area contributed by atoms with Crippen molar-refractivity contribution in [2.24, 2.45) is 0 Å². The second kappa shape index (κ2) is 10.2. The van der Waals surface area contributed by atoms with Gasteiger partial charge in [0.05, 0.1) is 17.9 Å². The number of halogens is 3. The van der Waals surface area contributed by atoms with Crippen LogP contribution in [-0.2, 0) is 0 Å². The lowest BCUT2D eigenvalue weighted by Gasteiger charge is -2.19. The van der Waals surface area contributed by atoms with E-state index in [1.807, 2.05) is 0 Å². The van der Waals surface area contributed by atoms with Gasteiger partial charge in [0.2, 0.25) is 5.78 Å². The van der Waals surface area contributed by atoms with E-state index in [0.29, 0.717) is 23.0 Å². The van der Waals surface area contributed by atoms with Crippen LogP contribution in [0, 0.1) is 25.5 Å². The first-order chi connectivity index (χ1) is 16.0. The molecule has 0 aliphatic carbocycles. The van der Waals surface area contributed by atoms with E-state index < -0.39 is 23.2 Å². The smallest absolute Gasteiger partial charge is 0.277 e. The molecule has 0 aliphatic heterocycles. The lowest BCUT2D eigenvalue weighted by atomic mass is 9.95. The summed E-state index contributed by atoms with van der Waals surface area (Å²) in [5.41, 5.74) is 0.577. The maximum absolute atomic E-state index is 14.0. The first-order valence-corrected chi connectivity index (χ1v) is 10.4. The van der Waals surface area contributed by atoms with Crippen LogP contribution in [0.3, 0.4) is 0 Å². The van der Waals surface area contributed by atoms with Crippen molar-refractivity contribution in [1.29, 1.82) is 0 Å². The van der Waals surface area contributed by atoms with Crippen molar-refractivity contribution in [3.05, 3.63) is 92.5 Å². The largest absolute Gasteiger partial charge is 0.492 e. The highest BCUT2D eigenvalue weighted by Gasteiger charge is 2.21. The number of ether oxygens (including phenoxy) is 1. The molecule has 3 aromatic heterocycles. The van der Waals surface area contributed by atoms with Crippen LogP contribution in [0.1, 0.15) is 33.4 Å². The number of carbonyl (C=O) groups excluding carboxylic acids is 1. The predicted molar refractivity (Wildman–Crippen MR) is 125 cm³/mol. The molecule has 0 fully saturated rings. The van der Waals surface area contributed by atoms with Crippen LogP contribution < -0.4 is 10.3 Å². The molecule has 3 heterocycles. The van der Waals surface area contributed by atoms with Gasteiger partial charge in [0, 0.05) is 50.4 Å². The van der Waals surface area contributed by atoms with Crippen LogP contribution in [-0.4, -0.2) is 47.2 Å². The zero-order valence-corrected chi connectivity index (χ0v) is 19.6. The fourth-order valence-electron chi connectivity index (χ4n) is 3.08. The van der Waals surface area contributed by atoms with Gasteiger partial charge in [0.25, 0.3) is 5.56 Å². The third-order valence-corrected chi connectivity index (χ3v) is 5.10. The second-order valence-corrected chi connectivity index (χ2v) is 8.04. The minimum absolute atomic E-state index is 0.102. The number of carbonyl (C=O) groups is 1. The minimum Gasteiger partial charge on any atom is -0.492 e. The summed E-state index contributed by atoms with van der Waals surface area (Å²) in [6.45, 7) is 3.36. The summed E-state index contributed by atoms with van der Waals surface area (Å²) in [4.78, 5) is 35.1. The molecule has 0 amide bonds. The van der Waals surface area contributed by atoms with Gasteiger partial charge in [-0.15, -0.1) is 0 Å². The summed E-state index contributed by atoms with van der Waals surface area (Å²) in [6, 6.07) is 2.11. The number of rotatable bonds is 7. The van der Waals surface area contributed by atoms with Gasteiger partial charge in [0.15, 0.2) is 5.82 Å². The van der Waals surface area contributed by atoms with Gasteiger partial charge in [-0.25, -0.2) is 8.78 Å². The lowest BCUT2D eigenvalue weighted by molar-refractivity contribution is 0.104. The van der Waals surface area contributed by atoms with Crippen LogP contribution in [0.4, 0.5) is 8.78 Å². The van der Waals surface area contributed by atoms with Gasteiger partial charge in [-0.1, -0.05) is 11.6 Å². The van der Waals surface area contributed by atoms with E-state index >= 15 is 0 Å². The molecule has 3 aromatic rings. The maximum atomic E-state index is 14.0. The molecule has 0 spiro atoms. The first-order valence-electron chi connectivity index (χ1n) is 10.0. The SMILES string of the molecule is [B]C(Oc1cc(C)n(-c2cc(C(=O)/C=C/N(C)C)ncc2C)c(=O)c1Cl)c1ncc(F)cc1F. The van der Waals surface area contributed by atoms with Crippen LogP contribution in [0.2, 0.25) is 5.02 Å². The Balaban J connectivity index is 2.01. The number of aromatic nitrogens is 3. The Morgan fingerprint density at radius 2 is 1.91 bits per heavy atom. The molecule has 34 heavy (non-hydrogen) atoms. The Hall–Kier alpha value is -3.53. The van der Waals surface area contributed by atoms with E-state index in [2.05, 4.69) is 9.97 Å². The number of pyridine rings is 3.